The Morgan fingerprint density at radius 1 is 0.545 bits per heavy atom. The molecule has 1 saturated heterocycles. The van der Waals surface area contributed by atoms with Gasteiger partial charge in [0, 0.05) is 13.1 Å². The molecule has 1 rings (SSSR count). The van der Waals surface area contributed by atoms with Gasteiger partial charge in [0.25, 0.3) is 0 Å². The Hall–Kier alpha value is -0.160. The number of hydrazine groups is 3. The number of hydrogen-bond donors (Lipinski definition) is 4. The maximum atomic E-state index is 3.06. The molecule has 4 N–H and O–H groups in total. The van der Waals surface area contributed by atoms with Crippen LogP contribution < -0.4 is 21.9 Å². The van der Waals surface area contributed by atoms with Crippen LogP contribution in [0.2, 0.25) is 0 Å². The topological polar surface area (TPSA) is 48.1 Å². The van der Waals surface area contributed by atoms with Crippen molar-refractivity contribution in [3.05, 3.63) is 0 Å². The Balaban J connectivity index is 2.02. The Bertz CT molecular complexity index is 48.5. The molecule has 0 spiro atoms. The van der Waals surface area contributed by atoms with E-state index in [2.05, 4.69) is 21.9 Å². The molecule has 4 nitrogen and oxygen atoms in total. The van der Waals surface area contributed by atoms with Crippen molar-refractivity contribution < 1.29 is 0 Å². The molecular formula is C7H18N4. The molecule has 0 aromatic rings. The van der Waals surface area contributed by atoms with Gasteiger partial charge < -0.3 is 0 Å². The maximum Gasteiger partial charge on any atom is 0.0113 e. The SMILES string of the molecule is C1CCCNNNNCCC1. The van der Waals surface area contributed by atoms with Gasteiger partial charge in [-0.25, -0.2) is 10.9 Å². The molecule has 0 aromatic carbocycles. The van der Waals surface area contributed by atoms with Gasteiger partial charge in [-0.3, -0.25) is 0 Å². The molecule has 1 aliphatic rings. The van der Waals surface area contributed by atoms with Crippen molar-refractivity contribution in [2.75, 3.05) is 13.1 Å². The van der Waals surface area contributed by atoms with Crippen molar-refractivity contribution >= 4 is 0 Å². The molecule has 0 aliphatic carbocycles. The third kappa shape index (κ3) is 5.15. The molecule has 66 valence electrons. The van der Waals surface area contributed by atoms with Crippen molar-refractivity contribution in [1.29, 1.82) is 0 Å². The Morgan fingerprint density at radius 2 is 1.00 bits per heavy atom. The summed E-state index contributed by atoms with van der Waals surface area (Å²) in [6.07, 6.45) is 6.57. The molecule has 1 heterocycles. The fourth-order valence-electron chi connectivity index (χ4n) is 1.17. The summed E-state index contributed by atoms with van der Waals surface area (Å²) in [5.41, 5.74) is 11.9. The summed E-state index contributed by atoms with van der Waals surface area (Å²) in [5, 5.41) is 0. The first-order valence-corrected chi connectivity index (χ1v) is 4.46. The molecule has 1 aliphatic heterocycles. The van der Waals surface area contributed by atoms with Gasteiger partial charge in [-0.2, -0.15) is 11.1 Å². The molecule has 11 heavy (non-hydrogen) atoms. The lowest BCUT2D eigenvalue weighted by Gasteiger charge is -2.07. The van der Waals surface area contributed by atoms with Crippen LogP contribution in [-0.2, 0) is 0 Å². The zero-order valence-corrected chi connectivity index (χ0v) is 6.95. The lowest BCUT2D eigenvalue weighted by Crippen LogP contribution is -2.50. The molecule has 0 unspecified atom stereocenters. The number of rotatable bonds is 0. The molecule has 0 radical (unpaired) electrons. The molecular weight excluding hydrogens is 140 g/mol. The van der Waals surface area contributed by atoms with E-state index in [4.69, 9.17) is 0 Å². The van der Waals surface area contributed by atoms with E-state index in [0.29, 0.717) is 0 Å². The lowest BCUT2D eigenvalue weighted by atomic mass is 10.1. The predicted octanol–water partition coefficient (Wildman–Crippen LogP) is 0.0539. The maximum absolute atomic E-state index is 3.06. The first kappa shape index (κ1) is 8.93. The van der Waals surface area contributed by atoms with Gasteiger partial charge >= 0.3 is 0 Å². The molecule has 0 aromatic heterocycles. The minimum atomic E-state index is 1.04. The van der Waals surface area contributed by atoms with Crippen molar-refractivity contribution in [2.24, 2.45) is 0 Å². The van der Waals surface area contributed by atoms with Crippen LogP contribution in [0.3, 0.4) is 0 Å². The van der Waals surface area contributed by atoms with Crippen LogP contribution in [0.4, 0.5) is 0 Å². The van der Waals surface area contributed by atoms with Crippen molar-refractivity contribution in [3.63, 3.8) is 0 Å². The van der Waals surface area contributed by atoms with Crippen molar-refractivity contribution in [2.45, 2.75) is 32.1 Å². The second-order valence-electron chi connectivity index (χ2n) is 2.87. The van der Waals surface area contributed by atoms with Gasteiger partial charge in [0.15, 0.2) is 0 Å². The standard InChI is InChI=1S/C7H18N4/c1-2-4-6-8-10-11-9-7-5-3-1/h8-11H,1-7H2. The van der Waals surface area contributed by atoms with E-state index < -0.39 is 0 Å². The molecule has 0 bridgehead atoms. The monoisotopic (exact) mass is 158 g/mol. The third-order valence-corrected chi connectivity index (χ3v) is 1.84. The van der Waals surface area contributed by atoms with E-state index >= 15 is 0 Å². The smallest absolute Gasteiger partial charge is 0.0113 e. The van der Waals surface area contributed by atoms with Crippen molar-refractivity contribution in [1.82, 2.24) is 21.9 Å². The van der Waals surface area contributed by atoms with Gasteiger partial charge in [0.05, 0.1) is 0 Å². The summed E-state index contributed by atoms with van der Waals surface area (Å²) in [5.74, 6) is 0. The summed E-state index contributed by atoms with van der Waals surface area (Å²) in [6, 6.07) is 0. The van der Waals surface area contributed by atoms with Gasteiger partial charge in [-0.1, -0.05) is 19.3 Å². The van der Waals surface area contributed by atoms with Gasteiger partial charge in [0.2, 0.25) is 0 Å². The Labute approximate surface area is 68.0 Å². The molecule has 0 amide bonds. The average molecular weight is 158 g/mol. The second-order valence-corrected chi connectivity index (χ2v) is 2.87. The summed E-state index contributed by atoms with van der Waals surface area (Å²) in [7, 11) is 0. The fourth-order valence-corrected chi connectivity index (χ4v) is 1.17. The van der Waals surface area contributed by atoms with Gasteiger partial charge in [0.1, 0.15) is 0 Å². The summed E-state index contributed by atoms with van der Waals surface area (Å²) in [6.45, 7) is 2.07. The zero-order chi connectivity index (χ0) is 7.78. The minimum Gasteiger partial charge on any atom is -0.243 e. The second kappa shape index (κ2) is 6.54. The summed E-state index contributed by atoms with van der Waals surface area (Å²) >= 11 is 0. The van der Waals surface area contributed by atoms with E-state index in [9.17, 15) is 0 Å². The van der Waals surface area contributed by atoms with Crippen LogP contribution in [0.1, 0.15) is 32.1 Å². The molecule has 1 fully saturated rings. The highest BCUT2D eigenvalue weighted by Crippen LogP contribution is 2.01. The number of hydrogen-bond acceptors (Lipinski definition) is 4. The summed E-state index contributed by atoms with van der Waals surface area (Å²) < 4.78 is 0. The Morgan fingerprint density at radius 3 is 1.55 bits per heavy atom. The van der Waals surface area contributed by atoms with E-state index in [0.717, 1.165) is 13.1 Å². The first-order valence-electron chi connectivity index (χ1n) is 4.46. The molecule has 4 heteroatoms. The lowest BCUT2D eigenvalue weighted by molar-refractivity contribution is 0.370. The van der Waals surface area contributed by atoms with Gasteiger partial charge in [-0.15, -0.1) is 0 Å². The average Bonchev–Trinajstić information content (AvgIpc) is 2.08. The van der Waals surface area contributed by atoms with Crippen LogP contribution in [0.5, 0.6) is 0 Å². The van der Waals surface area contributed by atoms with Crippen molar-refractivity contribution in [3.8, 4) is 0 Å². The van der Waals surface area contributed by atoms with Crippen LogP contribution >= 0.6 is 0 Å². The quantitative estimate of drug-likeness (QED) is 0.402. The van der Waals surface area contributed by atoms with E-state index in [1.807, 2.05) is 0 Å². The summed E-state index contributed by atoms with van der Waals surface area (Å²) in [4.78, 5) is 0. The highest BCUT2D eigenvalue weighted by atomic mass is 15.7. The fraction of sp³-hybridized carbons (Fsp3) is 1.00. The number of nitrogens with one attached hydrogen (secondary N) is 4. The zero-order valence-electron chi connectivity index (χ0n) is 6.95. The third-order valence-electron chi connectivity index (χ3n) is 1.84. The van der Waals surface area contributed by atoms with E-state index in [-0.39, 0.29) is 0 Å². The highest BCUT2D eigenvalue weighted by molar-refractivity contribution is 4.48. The van der Waals surface area contributed by atoms with Crippen LogP contribution in [-0.4, -0.2) is 13.1 Å². The molecule has 0 saturated carbocycles. The van der Waals surface area contributed by atoms with Crippen LogP contribution in [0.15, 0.2) is 0 Å². The van der Waals surface area contributed by atoms with Gasteiger partial charge in [-0.05, 0) is 12.8 Å². The molecule has 0 atom stereocenters. The van der Waals surface area contributed by atoms with Crippen LogP contribution in [0, 0.1) is 0 Å². The first-order chi connectivity index (χ1) is 5.50. The van der Waals surface area contributed by atoms with Crippen LogP contribution in [0.25, 0.3) is 0 Å². The Kier molecular flexibility index (Phi) is 5.31. The van der Waals surface area contributed by atoms with E-state index in [1.54, 1.807) is 0 Å². The highest BCUT2D eigenvalue weighted by Gasteiger charge is 1.92. The largest absolute Gasteiger partial charge is 0.243 e. The minimum absolute atomic E-state index is 1.04. The van der Waals surface area contributed by atoms with E-state index in [1.165, 1.54) is 32.1 Å². The predicted molar refractivity (Wildman–Crippen MR) is 45.4 cm³/mol. The normalized spacial score (nSPS) is 24.0.